The lowest BCUT2D eigenvalue weighted by Gasteiger charge is -2.12. The third kappa shape index (κ3) is 3.15. The molecule has 5 heteroatoms. The summed E-state index contributed by atoms with van der Waals surface area (Å²) in [4.78, 5) is 8.99. The van der Waals surface area contributed by atoms with Crippen LogP contribution in [0.2, 0.25) is 0 Å². The van der Waals surface area contributed by atoms with E-state index < -0.39 is 0 Å². The second-order valence-corrected chi connectivity index (χ2v) is 5.06. The normalized spacial score (nSPS) is 11.0. The minimum atomic E-state index is 0.663. The Balaban J connectivity index is 2.00. The maximum atomic E-state index is 5.44. The highest BCUT2D eigenvalue weighted by molar-refractivity contribution is 5.79. The molecule has 0 bridgehead atoms. The van der Waals surface area contributed by atoms with Crippen LogP contribution >= 0.6 is 0 Å². The van der Waals surface area contributed by atoms with Crippen molar-refractivity contribution in [2.45, 2.75) is 0 Å². The van der Waals surface area contributed by atoms with E-state index in [1.807, 2.05) is 48.6 Å². The van der Waals surface area contributed by atoms with E-state index in [0.717, 1.165) is 22.3 Å². The highest BCUT2D eigenvalue weighted by Crippen LogP contribution is 2.35. The number of ether oxygens (including phenoxy) is 3. The molecule has 24 heavy (non-hydrogen) atoms. The van der Waals surface area contributed by atoms with Crippen molar-refractivity contribution in [3.63, 3.8) is 0 Å². The van der Waals surface area contributed by atoms with E-state index >= 15 is 0 Å². The second kappa shape index (κ2) is 7.00. The van der Waals surface area contributed by atoms with Gasteiger partial charge in [0.15, 0.2) is 0 Å². The van der Waals surface area contributed by atoms with Gasteiger partial charge in [0.25, 0.3) is 0 Å². The van der Waals surface area contributed by atoms with Crippen molar-refractivity contribution in [3.05, 3.63) is 53.9 Å². The fourth-order valence-electron chi connectivity index (χ4n) is 2.42. The number of para-hydroxylation sites is 2. The Hall–Kier alpha value is -3.08. The van der Waals surface area contributed by atoms with Crippen molar-refractivity contribution in [3.8, 4) is 17.2 Å². The predicted molar refractivity (Wildman–Crippen MR) is 94.6 cm³/mol. The van der Waals surface area contributed by atoms with Crippen LogP contribution in [0.3, 0.4) is 0 Å². The highest BCUT2D eigenvalue weighted by atomic mass is 16.5. The smallest absolute Gasteiger partial charge is 0.133 e. The summed E-state index contributed by atoms with van der Waals surface area (Å²) in [5.41, 5.74) is 3.30. The topological polar surface area (TPSA) is 53.5 Å². The Bertz CT molecular complexity index is 866. The van der Waals surface area contributed by atoms with Crippen LogP contribution in [0.5, 0.6) is 17.2 Å². The first-order chi connectivity index (χ1) is 11.7. The van der Waals surface area contributed by atoms with Gasteiger partial charge in [-0.25, -0.2) is 4.98 Å². The minimum absolute atomic E-state index is 0.663. The number of methoxy groups -OCH3 is 3. The van der Waals surface area contributed by atoms with Crippen LogP contribution in [0, 0.1) is 0 Å². The summed E-state index contributed by atoms with van der Waals surface area (Å²) in [7, 11) is 4.83. The molecule has 0 atom stereocenters. The van der Waals surface area contributed by atoms with Gasteiger partial charge in [0.1, 0.15) is 17.2 Å². The van der Waals surface area contributed by atoms with Gasteiger partial charge < -0.3 is 14.2 Å². The molecule has 0 saturated heterocycles. The fourth-order valence-corrected chi connectivity index (χ4v) is 2.42. The number of nitrogens with zero attached hydrogens (tertiary/aromatic N) is 2. The molecule has 0 amide bonds. The third-order valence-electron chi connectivity index (χ3n) is 3.64. The molecular weight excluding hydrogens is 304 g/mol. The van der Waals surface area contributed by atoms with Crippen molar-refractivity contribution < 1.29 is 14.2 Å². The van der Waals surface area contributed by atoms with E-state index in [2.05, 4.69) is 9.97 Å². The van der Waals surface area contributed by atoms with Gasteiger partial charge in [0.2, 0.25) is 0 Å². The first-order valence-electron chi connectivity index (χ1n) is 7.45. The van der Waals surface area contributed by atoms with Gasteiger partial charge in [-0.05, 0) is 24.3 Å². The molecule has 0 N–H and O–H groups in total. The van der Waals surface area contributed by atoms with Crippen LogP contribution in [-0.4, -0.2) is 31.3 Å². The standard InChI is InChI=1S/C19H18N2O3/c1-22-14-10-18(23-2)15(19(11-14)24-3)9-8-13-12-20-16-6-4-5-7-17(16)21-13/h4-12H,1-3H3/b9-8-. The average molecular weight is 322 g/mol. The number of aromatic nitrogens is 2. The molecular formula is C19H18N2O3. The van der Waals surface area contributed by atoms with Gasteiger partial charge in [0.05, 0.1) is 49.8 Å². The van der Waals surface area contributed by atoms with Crippen LogP contribution in [0.1, 0.15) is 11.3 Å². The molecule has 2 aromatic carbocycles. The van der Waals surface area contributed by atoms with Gasteiger partial charge in [0, 0.05) is 12.1 Å². The SMILES string of the molecule is COc1cc(OC)c(/C=C\c2cnc3ccccc3n2)c(OC)c1. The molecule has 5 nitrogen and oxygen atoms in total. The zero-order valence-corrected chi connectivity index (χ0v) is 13.8. The zero-order valence-electron chi connectivity index (χ0n) is 13.8. The molecule has 0 saturated carbocycles. The quantitative estimate of drug-likeness (QED) is 0.714. The number of fused-ring (bicyclic) bond motifs is 1. The summed E-state index contributed by atoms with van der Waals surface area (Å²) in [6.07, 6.45) is 5.52. The predicted octanol–water partition coefficient (Wildman–Crippen LogP) is 3.83. The Morgan fingerprint density at radius 1 is 0.833 bits per heavy atom. The fraction of sp³-hybridized carbons (Fsp3) is 0.158. The third-order valence-corrected chi connectivity index (χ3v) is 3.64. The van der Waals surface area contributed by atoms with E-state index in [0.29, 0.717) is 17.2 Å². The molecule has 0 unspecified atom stereocenters. The van der Waals surface area contributed by atoms with E-state index in [-0.39, 0.29) is 0 Å². The Labute approximate surface area is 140 Å². The Morgan fingerprint density at radius 2 is 1.50 bits per heavy atom. The van der Waals surface area contributed by atoms with Crippen LogP contribution < -0.4 is 14.2 Å². The summed E-state index contributed by atoms with van der Waals surface area (Å²) in [6.45, 7) is 0. The van der Waals surface area contributed by atoms with Crippen LogP contribution in [0.25, 0.3) is 23.2 Å². The molecule has 122 valence electrons. The van der Waals surface area contributed by atoms with Gasteiger partial charge in [-0.1, -0.05) is 12.1 Å². The van der Waals surface area contributed by atoms with Gasteiger partial charge in [-0.15, -0.1) is 0 Å². The maximum absolute atomic E-state index is 5.44. The monoisotopic (exact) mass is 322 g/mol. The molecule has 3 aromatic rings. The van der Waals surface area contributed by atoms with Crippen molar-refractivity contribution in [2.24, 2.45) is 0 Å². The maximum Gasteiger partial charge on any atom is 0.133 e. The second-order valence-electron chi connectivity index (χ2n) is 5.06. The molecule has 0 aliphatic rings. The van der Waals surface area contributed by atoms with E-state index in [4.69, 9.17) is 14.2 Å². The van der Waals surface area contributed by atoms with Crippen LogP contribution in [0.4, 0.5) is 0 Å². The number of benzene rings is 2. The highest BCUT2D eigenvalue weighted by Gasteiger charge is 2.10. The minimum Gasteiger partial charge on any atom is -0.496 e. The van der Waals surface area contributed by atoms with Crippen LogP contribution in [-0.2, 0) is 0 Å². The van der Waals surface area contributed by atoms with E-state index in [1.54, 1.807) is 27.5 Å². The van der Waals surface area contributed by atoms with Crippen LogP contribution in [0.15, 0.2) is 42.6 Å². The summed E-state index contributed by atoms with van der Waals surface area (Å²) in [5.74, 6) is 2.00. The number of hydrogen-bond acceptors (Lipinski definition) is 5. The first kappa shape index (κ1) is 15.8. The van der Waals surface area contributed by atoms with E-state index in [9.17, 15) is 0 Å². The number of rotatable bonds is 5. The average Bonchev–Trinajstić information content (AvgIpc) is 2.65. The summed E-state index contributed by atoms with van der Waals surface area (Å²) in [5, 5.41) is 0. The molecule has 0 spiro atoms. The first-order valence-corrected chi connectivity index (χ1v) is 7.45. The Kier molecular flexibility index (Phi) is 4.61. The molecule has 3 rings (SSSR count). The zero-order chi connectivity index (χ0) is 16.9. The summed E-state index contributed by atoms with van der Waals surface area (Å²) >= 11 is 0. The van der Waals surface area contributed by atoms with Crippen molar-refractivity contribution in [1.29, 1.82) is 0 Å². The van der Waals surface area contributed by atoms with Crippen molar-refractivity contribution in [2.75, 3.05) is 21.3 Å². The largest absolute Gasteiger partial charge is 0.496 e. The molecule has 1 aromatic heterocycles. The molecule has 0 aliphatic carbocycles. The van der Waals surface area contributed by atoms with Gasteiger partial charge >= 0.3 is 0 Å². The van der Waals surface area contributed by atoms with E-state index in [1.165, 1.54) is 0 Å². The van der Waals surface area contributed by atoms with Gasteiger partial charge in [-0.2, -0.15) is 0 Å². The lowest BCUT2D eigenvalue weighted by molar-refractivity contribution is 0.374. The van der Waals surface area contributed by atoms with Crippen molar-refractivity contribution >= 4 is 23.2 Å². The molecule has 0 radical (unpaired) electrons. The lowest BCUT2D eigenvalue weighted by atomic mass is 10.1. The molecule has 0 fully saturated rings. The van der Waals surface area contributed by atoms with Gasteiger partial charge in [-0.3, -0.25) is 4.98 Å². The Morgan fingerprint density at radius 3 is 2.12 bits per heavy atom. The molecule has 1 heterocycles. The summed E-state index contributed by atoms with van der Waals surface area (Å²) in [6, 6.07) is 11.4. The molecule has 0 aliphatic heterocycles. The summed E-state index contributed by atoms with van der Waals surface area (Å²) < 4.78 is 16.1. The van der Waals surface area contributed by atoms with Crippen molar-refractivity contribution in [1.82, 2.24) is 9.97 Å². The lowest BCUT2D eigenvalue weighted by Crippen LogP contribution is -1.95. The number of hydrogen-bond donors (Lipinski definition) is 0.